The molecule has 0 saturated carbocycles. The summed E-state index contributed by atoms with van der Waals surface area (Å²) in [4.78, 5) is 15.1. The van der Waals surface area contributed by atoms with Gasteiger partial charge >= 0.3 is 0 Å². The Morgan fingerprint density at radius 1 is 1.31 bits per heavy atom. The molecule has 0 bridgehead atoms. The molecule has 2 unspecified atom stereocenters. The molecule has 5 N–H and O–H groups in total. The van der Waals surface area contributed by atoms with E-state index in [4.69, 9.17) is 0 Å². The first-order valence-electron chi connectivity index (χ1n) is 9.09. The first kappa shape index (κ1) is 19.9. The molecule has 0 aliphatic carbocycles. The number of carbonyl (C=O) groups excluding carboxylic acids is 1. The number of H-pyrrole nitrogens is 1. The average Bonchev–Trinajstić information content (AvgIpc) is 3.19. The molecule has 4 rings (SSSR count). The highest BCUT2D eigenvalue weighted by Crippen LogP contribution is 2.63. The Labute approximate surface area is 168 Å². The van der Waals surface area contributed by atoms with Crippen molar-refractivity contribution in [3.05, 3.63) is 54.0 Å². The van der Waals surface area contributed by atoms with Crippen molar-refractivity contribution in [1.29, 1.82) is 0 Å². The molecule has 1 aliphatic rings. The molecule has 2 heterocycles. The zero-order chi connectivity index (χ0) is 20.9. The summed E-state index contributed by atoms with van der Waals surface area (Å²) in [6.45, 7) is 1.59. The number of fused-ring (bicyclic) bond motifs is 2. The van der Waals surface area contributed by atoms with E-state index in [-0.39, 0.29) is 12.4 Å². The largest absolute Gasteiger partial charge is 0.382 e. The number of carbonyl (C=O) groups is 1. The fraction of sp³-hybridized carbons (Fsp3) is 0.250. The third-order valence-corrected chi connectivity index (χ3v) is 7.45. The number of halogens is 1. The molecule has 0 saturated heterocycles. The lowest BCUT2D eigenvalue weighted by Gasteiger charge is -2.39. The van der Waals surface area contributed by atoms with Gasteiger partial charge in [-0.25, -0.2) is 4.39 Å². The van der Waals surface area contributed by atoms with Crippen molar-refractivity contribution < 1.29 is 23.4 Å². The van der Waals surface area contributed by atoms with E-state index in [1.165, 1.54) is 23.5 Å². The summed E-state index contributed by atoms with van der Waals surface area (Å²) in [5, 5.41) is 13.3. The van der Waals surface area contributed by atoms with E-state index in [1.807, 2.05) is 6.07 Å². The van der Waals surface area contributed by atoms with E-state index in [1.54, 1.807) is 31.3 Å². The Kier molecular flexibility index (Phi) is 4.88. The van der Waals surface area contributed by atoms with Gasteiger partial charge < -0.3 is 15.4 Å². The molecular weight excluding hydrogens is 397 g/mol. The van der Waals surface area contributed by atoms with Crippen molar-refractivity contribution in [3.8, 4) is 11.1 Å². The maximum atomic E-state index is 13.5. The lowest BCUT2D eigenvalue weighted by atomic mass is 9.99. The summed E-state index contributed by atoms with van der Waals surface area (Å²) in [6, 6.07) is 9.41. The van der Waals surface area contributed by atoms with E-state index in [0.717, 1.165) is 16.5 Å². The van der Waals surface area contributed by atoms with Gasteiger partial charge in [0.1, 0.15) is 11.9 Å². The predicted octanol–water partition coefficient (Wildman–Crippen LogP) is 3.48. The second kappa shape index (κ2) is 7.12. The van der Waals surface area contributed by atoms with Crippen LogP contribution in [0.25, 0.3) is 22.0 Å². The number of rotatable bonds is 4. The van der Waals surface area contributed by atoms with Gasteiger partial charge in [0, 0.05) is 29.7 Å². The highest BCUT2D eigenvalue weighted by atomic mass is 32.3. The molecule has 29 heavy (non-hydrogen) atoms. The first-order chi connectivity index (χ1) is 13.7. The molecule has 154 valence electrons. The van der Waals surface area contributed by atoms with Crippen molar-refractivity contribution in [2.45, 2.75) is 24.0 Å². The first-order valence-corrected chi connectivity index (χ1v) is 10.6. The quantitative estimate of drug-likeness (QED) is 0.445. The summed E-state index contributed by atoms with van der Waals surface area (Å²) in [6.07, 6.45) is 0.405. The summed E-state index contributed by atoms with van der Waals surface area (Å²) in [7, 11) is -1.92. The van der Waals surface area contributed by atoms with Crippen LogP contribution >= 0.6 is 10.8 Å². The van der Waals surface area contributed by atoms with Gasteiger partial charge in [0.15, 0.2) is 0 Å². The number of amides is 1. The normalized spacial score (nSPS) is 20.4. The summed E-state index contributed by atoms with van der Waals surface area (Å²) >= 11 is 0. The minimum Gasteiger partial charge on any atom is -0.382 e. The number of likely N-dealkylation sites (N-methyl/N-ethyl adjacent to an activating group) is 1. The van der Waals surface area contributed by atoms with Gasteiger partial charge in [-0.15, -0.1) is 10.8 Å². The molecule has 9 heteroatoms. The van der Waals surface area contributed by atoms with Gasteiger partial charge in [-0.2, -0.15) is 4.31 Å². The van der Waals surface area contributed by atoms with E-state index in [0.29, 0.717) is 16.0 Å². The van der Waals surface area contributed by atoms with E-state index >= 15 is 0 Å². The Morgan fingerprint density at radius 3 is 2.79 bits per heavy atom. The number of β-amino-alcohol motifs (C(OH)–C–C–N with tert-alkyl or cyclic N) is 1. The predicted molar refractivity (Wildman–Crippen MR) is 110 cm³/mol. The lowest BCUT2D eigenvalue weighted by Crippen LogP contribution is -2.41. The second-order valence-electron chi connectivity index (χ2n) is 7.07. The molecule has 0 fully saturated rings. The van der Waals surface area contributed by atoms with Crippen LogP contribution in [-0.2, 0) is 4.79 Å². The lowest BCUT2D eigenvalue weighted by molar-refractivity contribution is -0.129. The monoisotopic (exact) mass is 419 g/mol. The van der Waals surface area contributed by atoms with E-state index in [2.05, 4.69) is 10.3 Å². The standard InChI is InChI=1S/C20H22FN3O4S/c1-11-15-7-12(16-9-23-17-8-13(21)4-5-14(16)17)3-6-19(15)29(27,28)24(11)10-18(25)20(26)22-2/h3-9,11,18,23,25,27-28H,10H2,1-2H3,(H,22,26). The van der Waals surface area contributed by atoms with Gasteiger partial charge in [-0.1, -0.05) is 6.07 Å². The van der Waals surface area contributed by atoms with Crippen molar-refractivity contribution in [1.82, 2.24) is 14.6 Å². The SMILES string of the molecule is CNC(=O)C(O)CN1C(C)c2cc(-c3c[nH]c4cc(F)ccc34)ccc2S1(O)O. The number of hydrogen-bond donors (Lipinski definition) is 5. The van der Waals surface area contributed by atoms with E-state index < -0.39 is 28.8 Å². The number of hydrogen-bond acceptors (Lipinski definition) is 5. The zero-order valence-corrected chi connectivity index (χ0v) is 16.7. The Bertz CT molecular complexity index is 1100. The second-order valence-corrected chi connectivity index (χ2v) is 9.02. The topological polar surface area (TPSA) is 109 Å². The number of benzene rings is 2. The fourth-order valence-electron chi connectivity index (χ4n) is 3.81. The summed E-state index contributed by atoms with van der Waals surface area (Å²) in [5.74, 6) is -0.914. The number of aromatic amines is 1. The molecule has 0 radical (unpaired) electrons. The molecule has 3 aromatic rings. The number of aromatic nitrogens is 1. The number of aliphatic hydroxyl groups is 1. The number of nitrogens with zero attached hydrogens (tertiary/aromatic N) is 1. The molecule has 1 aliphatic heterocycles. The van der Waals surface area contributed by atoms with Crippen LogP contribution in [0.4, 0.5) is 4.39 Å². The summed E-state index contributed by atoms with van der Waals surface area (Å²) < 4.78 is 36.4. The van der Waals surface area contributed by atoms with Crippen LogP contribution in [0.15, 0.2) is 47.5 Å². The Hall–Kier alpha value is -2.43. The van der Waals surface area contributed by atoms with Crippen LogP contribution in [0.5, 0.6) is 0 Å². The van der Waals surface area contributed by atoms with Crippen molar-refractivity contribution >= 4 is 27.6 Å². The molecule has 1 aromatic heterocycles. The zero-order valence-electron chi connectivity index (χ0n) is 15.9. The Morgan fingerprint density at radius 2 is 2.07 bits per heavy atom. The fourth-order valence-corrected chi connectivity index (χ4v) is 5.77. The average molecular weight is 419 g/mol. The molecule has 1 amide bonds. The van der Waals surface area contributed by atoms with Crippen LogP contribution < -0.4 is 5.32 Å². The molecule has 7 nitrogen and oxygen atoms in total. The smallest absolute Gasteiger partial charge is 0.249 e. The van der Waals surface area contributed by atoms with E-state index in [9.17, 15) is 23.4 Å². The van der Waals surface area contributed by atoms with Gasteiger partial charge in [-0.05, 0) is 48.4 Å². The van der Waals surface area contributed by atoms with Gasteiger partial charge in [-0.3, -0.25) is 13.9 Å². The number of nitrogens with one attached hydrogen (secondary N) is 2. The highest BCUT2D eigenvalue weighted by molar-refractivity contribution is 8.22. The van der Waals surface area contributed by atoms with Crippen LogP contribution in [-0.4, -0.2) is 49.1 Å². The molecule has 2 aromatic carbocycles. The van der Waals surface area contributed by atoms with Gasteiger partial charge in [0.2, 0.25) is 5.91 Å². The Balaban J connectivity index is 1.72. The van der Waals surface area contributed by atoms with Crippen molar-refractivity contribution in [2.24, 2.45) is 0 Å². The highest BCUT2D eigenvalue weighted by Gasteiger charge is 2.42. The maximum Gasteiger partial charge on any atom is 0.249 e. The number of aliphatic hydroxyl groups excluding tert-OH is 1. The van der Waals surface area contributed by atoms with Crippen LogP contribution in [0.1, 0.15) is 18.5 Å². The van der Waals surface area contributed by atoms with Gasteiger partial charge in [0.05, 0.1) is 17.5 Å². The third-order valence-electron chi connectivity index (χ3n) is 5.37. The van der Waals surface area contributed by atoms with Crippen LogP contribution in [0.3, 0.4) is 0 Å². The molecular formula is C20H22FN3O4S. The van der Waals surface area contributed by atoms with Crippen LogP contribution in [0, 0.1) is 5.82 Å². The van der Waals surface area contributed by atoms with Crippen molar-refractivity contribution in [3.63, 3.8) is 0 Å². The molecule has 2 atom stereocenters. The molecule has 0 spiro atoms. The summed E-state index contributed by atoms with van der Waals surface area (Å²) in [5.41, 5.74) is 3.10. The third kappa shape index (κ3) is 3.21. The minimum atomic E-state index is -3.33. The minimum absolute atomic E-state index is 0.209. The van der Waals surface area contributed by atoms with Crippen LogP contribution in [0.2, 0.25) is 0 Å². The van der Waals surface area contributed by atoms with Gasteiger partial charge in [0.25, 0.3) is 0 Å². The van der Waals surface area contributed by atoms with Crippen molar-refractivity contribution in [2.75, 3.05) is 13.6 Å². The maximum absolute atomic E-state index is 13.5.